The summed E-state index contributed by atoms with van der Waals surface area (Å²) in [4.78, 5) is 4.32. The van der Waals surface area contributed by atoms with Crippen molar-refractivity contribution in [2.24, 2.45) is 5.92 Å². The molecule has 2 nitrogen and oxygen atoms in total. The van der Waals surface area contributed by atoms with Crippen LogP contribution in [0.3, 0.4) is 0 Å². The molecular formula is C15H20N2S. The van der Waals surface area contributed by atoms with Crippen molar-refractivity contribution >= 4 is 27.2 Å². The molecule has 0 spiro atoms. The molecule has 3 rings (SSSR count). The van der Waals surface area contributed by atoms with Gasteiger partial charge in [0.1, 0.15) is 0 Å². The Morgan fingerprint density at radius 2 is 2.17 bits per heavy atom. The highest BCUT2D eigenvalue weighted by Crippen LogP contribution is 2.27. The number of thiazole rings is 1. The highest BCUT2D eigenvalue weighted by atomic mass is 32.1. The van der Waals surface area contributed by atoms with Crippen LogP contribution in [0.1, 0.15) is 39.0 Å². The Labute approximate surface area is 112 Å². The van der Waals surface area contributed by atoms with Crippen LogP contribution < -0.4 is 5.32 Å². The van der Waals surface area contributed by atoms with Crippen LogP contribution in [0.15, 0.2) is 23.7 Å². The lowest BCUT2D eigenvalue weighted by Gasteiger charge is -2.17. The molecule has 1 aliphatic carbocycles. The molecule has 1 fully saturated rings. The molecule has 0 amide bonds. The Morgan fingerprint density at radius 3 is 3.11 bits per heavy atom. The second kappa shape index (κ2) is 5.27. The van der Waals surface area contributed by atoms with Crippen molar-refractivity contribution in [3.63, 3.8) is 0 Å². The van der Waals surface area contributed by atoms with E-state index in [0.717, 1.165) is 11.4 Å². The summed E-state index contributed by atoms with van der Waals surface area (Å²) in [6, 6.07) is 7.17. The molecule has 3 heteroatoms. The van der Waals surface area contributed by atoms with Gasteiger partial charge in [-0.25, -0.2) is 4.98 Å². The number of hydrogen-bond acceptors (Lipinski definition) is 3. The predicted octanol–water partition coefficient (Wildman–Crippen LogP) is 4.68. The molecule has 2 unspecified atom stereocenters. The lowest BCUT2D eigenvalue weighted by molar-refractivity contribution is 0.502. The summed E-state index contributed by atoms with van der Waals surface area (Å²) >= 11 is 1.72. The quantitative estimate of drug-likeness (QED) is 0.793. The van der Waals surface area contributed by atoms with Gasteiger partial charge >= 0.3 is 0 Å². The average molecular weight is 260 g/mol. The first-order valence-corrected chi connectivity index (χ1v) is 7.79. The van der Waals surface area contributed by atoms with E-state index in [1.54, 1.807) is 11.3 Å². The second-order valence-corrected chi connectivity index (χ2v) is 6.38. The van der Waals surface area contributed by atoms with Gasteiger partial charge < -0.3 is 5.32 Å². The minimum absolute atomic E-state index is 0.653. The molecule has 0 bridgehead atoms. The van der Waals surface area contributed by atoms with Crippen molar-refractivity contribution < 1.29 is 0 Å². The maximum absolute atomic E-state index is 4.32. The molecule has 0 aliphatic heterocycles. The minimum atomic E-state index is 0.653. The summed E-state index contributed by atoms with van der Waals surface area (Å²) in [5.74, 6) is 0.903. The van der Waals surface area contributed by atoms with E-state index in [1.165, 1.54) is 42.5 Å². The molecule has 2 atom stereocenters. The molecule has 0 saturated heterocycles. The number of nitrogens with zero attached hydrogens (tertiary/aromatic N) is 1. The van der Waals surface area contributed by atoms with Crippen molar-refractivity contribution in [1.82, 2.24) is 4.98 Å². The smallest absolute Gasteiger partial charge is 0.0813 e. The number of rotatable bonds is 2. The van der Waals surface area contributed by atoms with E-state index in [4.69, 9.17) is 0 Å². The SMILES string of the molecule is CC1CCCC(Nc2ccc3ncsc3c2)CC1. The third-order valence-corrected chi connectivity index (χ3v) is 4.75. The van der Waals surface area contributed by atoms with Crippen LogP contribution in [-0.2, 0) is 0 Å². The first kappa shape index (κ1) is 12.0. The number of hydrogen-bond donors (Lipinski definition) is 1. The highest BCUT2D eigenvalue weighted by Gasteiger charge is 2.15. The van der Waals surface area contributed by atoms with Gasteiger partial charge in [-0.3, -0.25) is 0 Å². The Kier molecular flexibility index (Phi) is 3.50. The van der Waals surface area contributed by atoms with E-state index in [2.05, 4.69) is 35.4 Å². The fraction of sp³-hybridized carbons (Fsp3) is 0.533. The molecule has 1 aliphatic rings. The molecular weight excluding hydrogens is 240 g/mol. The highest BCUT2D eigenvalue weighted by molar-refractivity contribution is 7.16. The Morgan fingerprint density at radius 1 is 1.22 bits per heavy atom. The second-order valence-electron chi connectivity index (χ2n) is 5.49. The number of fused-ring (bicyclic) bond motifs is 1. The zero-order valence-corrected chi connectivity index (χ0v) is 11.7. The summed E-state index contributed by atoms with van der Waals surface area (Å²) in [5.41, 5.74) is 4.29. The van der Waals surface area contributed by atoms with Crippen LogP contribution >= 0.6 is 11.3 Å². The zero-order chi connectivity index (χ0) is 12.4. The van der Waals surface area contributed by atoms with E-state index in [-0.39, 0.29) is 0 Å². The summed E-state index contributed by atoms with van der Waals surface area (Å²) < 4.78 is 1.28. The van der Waals surface area contributed by atoms with E-state index >= 15 is 0 Å². The van der Waals surface area contributed by atoms with Crippen LogP contribution in [-0.4, -0.2) is 11.0 Å². The fourth-order valence-corrected chi connectivity index (χ4v) is 3.53. The summed E-state index contributed by atoms with van der Waals surface area (Å²) in [5, 5.41) is 3.70. The van der Waals surface area contributed by atoms with Gasteiger partial charge in [0.05, 0.1) is 15.7 Å². The van der Waals surface area contributed by atoms with E-state index in [0.29, 0.717) is 6.04 Å². The van der Waals surface area contributed by atoms with Crippen LogP contribution in [0.25, 0.3) is 10.2 Å². The Bertz CT molecular complexity index is 520. The molecule has 0 radical (unpaired) electrons. The van der Waals surface area contributed by atoms with Crippen molar-refractivity contribution in [3.8, 4) is 0 Å². The molecule has 1 aromatic carbocycles. The van der Waals surface area contributed by atoms with Crippen LogP contribution in [0.5, 0.6) is 0 Å². The van der Waals surface area contributed by atoms with E-state index in [9.17, 15) is 0 Å². The standard InChI is InChI=1S/C15H20N2S/c1-11-3-2-4-12(6-5-11)17-13-7-8-14-15(9-13)18-10-16-14/h7-12,17H,2-6H2,1H3. The molecule has 96 valence electrons. The number of aromatic nitrogens is 1. The van der Waals surface area contributed by atoms with Gasteiger partial charge in [0.2, 0.25) is 0 Å². The number of anilines is 1. The normalized spacial score (nSPS) is 24.9. The first-order chi connectivity index (χ1) is 8.81. The predicted molar refractivity (Wildman–Crippen MR) is 79.3 cm³/mol. The lowest BCUT2D eigenvalue weighted by atomic mass is 10.0. The van der Waals surface area contributed by atoms with E-state index in [1.807, 2.05) is 5.51 Å². The van der Waals surface area contributed by atoms with Crippen LogP contribution in [0, 0.1) is 5.92 Å². The molecule has 1 N–H and O–H groups in total. The van der Waals surface area contributed by atoms with Gasteiger partial charge in [-0.1, -0.05) is 19.8 Å². The third-order valence-electron chi connectivity index (χ3n) is 3.96. The monoisotopic (exact) mass is 260 g/mol. The van der Waals surface area contributed by atoms with Crippen molar-refractivity contribution in [2.45, 2.75) is 45.1 Å². The molecule has 1 heterocycles. The van der Waals surface area contributed by atoms with Crippen molar-refractivity contribution in [1.29, 1.82) is 0 Å². The lowest BCUT2D eigenvalue weighted by Crippen LogP contribution is -2.18. The van der Waals surface area contributed by atoms with E-state index < -0.39 is 0 Å². The maximum Gasteiger partial charge on any atom is 0.0813 e. The molecule has 18 heavy (non-hydrogen) atoms. The Balaban J connectivity index is 1.71. The maximum atomic E-state index is 4.32. The van der Waals surface area contributed by atoms with Crippen LogP contribution in [0.4, 0.5) is 5.69 Å². The topological polar surface area (TPSA) is 24.9 Å². The fourth-order valence-electron chi connectivity index (χ4n) is 2.81. The number of nitrogens with one attached hydrogen (secondary N) is 1. The number of benzene rings is 1. The van der Waals surface area contributed by atoms with Gasteiger partial charge in [0.15, 0.2) is 0 Å². The van der Waals surface area contributed by atoms with Gasteiger partial charge in [0.25, 0.3) is 0 Å². The third kappa shape index (κ3) is 2.66. The van der Waals surface area contributed by atoms with Crippen molar-refractivity contribution in [2.75, 3.05) is 5.32 Å². The summed E-state index contributed by atoms with van der Waals surface area (Å²) in [6.07, 6.45) is 6.74. The summed E-state index contributed by atoms with van der Waals surface area (Å²) in [7, 11) is 0. The molecule has 1 aromatic heterocycles. The molecule has 2 aromatic rings. The molecule has 1 saturated carbocycles. The van der Waals surface area contributed by atoms with Gasteiger partial charge in [0, 0.05) is 11.7 Å². The van der Waals surface area contributed by atoms with Crippen molar-refractivity contribution in [3.05, 3.63) is 23.7 Å². The average Bonchev–Trinajstić information content (AvgIpc) is 2.74. The zero-order valence-electron chi connectivity index (χ0n) is 10.9. The summed E-state index contributed by atoms with van der Waals surface area (Å²) in [6.45, 7) is 2.38. The largest absolute Gasteiger partial charge is 0.382 e. The van der Waals surface area contributed by atoms with Gasteiger partial charge in [-0.2, -0.15) is 0 Å². The van der Waals surface area contributed by atoms with Crippen LogP contribution in [0.2, 0.25) is 0 Å². The minimum Gasteiger partial charge on any atom is -0.382 e. The Hall–Kier alpha value is -1.09. The first-order valence-electron chi connectivity index (χ1n) is 6.91. The van der Waals surface area contributed by atoms with Gasteiger partial charge in [-0.05, 0) is 43.4 Å². The van der Waals surface area contributed by atoms with Gasteiger partial charge in [-0.15, -0.1) is 11.3 Å².